The molecule has 1 heteroatoms. The Morgan fingerprint density at radius 3 is 2.59 bits per heavy atom. The van der Waals surface area contributed by atoms with E-state index in [2.05, 4.69) is 73.4 Å². The van der Waals surface area contributed by atoms with Crippen molar-refractivity contribution in [2.24, 2.45) is 0 Å². The molecule has 1 aromatic rings. The second kappa shape index (κ2) is 7.84. The van der Waals surface area contributed by atoms with Crippen molar-refractivity contribution < 1.29 is 0 Å². The average molecular weight is 293 g/mol. The van der Waals surface area contributed by atoms with E-state index in [9.17, 15) is 0 Å². The summed E-state index contributed by atoms with van der Waals surface area (Å²) < 4.78 is 0. The van der Waals surface area contributed by atoms with Gasteiger partial charge in [0.05, 0.1) is 0 Å². The highest BCUT2D eigenvalue weighted by atomic mass is 15.2. The van der Waals surface area contributed by atoms with Gasteiger partial charge in [0.15, 0.2) is 0 Å². The Morgan fingerprint density at radius 1 is 1.14 bits per heavy atom. The fourth-order valence-corrected chi connectivity index (χ4v) is 2.80. The van der Waals surface area contributed by atoms with Gasteiger partial charge in [-0.05, 0) is 44.4 Å². The molecule has 0 unspecified atom stereocenters. The smallest absolute Gasteiger partial charge is 0.0488 e. The number of rotatable bonds is 2. The summed E-state index contributed by atoms with van der Waals surface area (Å²) in [6.07, 6.45) is 13.4. The van der Waals surface area contributed by atoms with Crippen LogP contribution in [0.25, 0.3) is 5.57 Å². The molecule has 0 saturated heterocycles. The lowest BCUT2D eigenvalue weighted by atomic mass is 10.1. The molecule has 1 aliphatic heterocycles. The van der Waals surface area contributed by atoms with E-state index in [0.717, 1.165) is 19.4 Å². The molecule has 0 amide bonds. The van der Waals surface area contributed by atoms with Crippen molar-refractivity contribution in [1.29, 1.82) is 0 Å². The van der Waals surface area contributed by atoms with E-state index in [0.29, 0.717) is 0 Å². The number of fused-ring (bicyclic) bond motifs is 1. The first-order valence-corrected chi connectivity index (χ1v) is 8.32. The van der Waals surface area contributed by atoms with Gasteiger partial charge in [-0.15, -0.1) is 0 Å². The molecule has 3 rings (SSSR count). The molecule has 2 aliphatic rings. The van der Waals surface area contributed by atoms with Gasteiger partial charge in [-0.25, -0.2) is 0 Å². The Morgan fingerprint density at radius 2 is 1.91 bits per heavy atom. The van der Waals surface area contributed by atoms with E-state index in [1.807, 2.05) is 13.8 Å². The summed E-state index contributed by atoms with van der Waals surface area (Å²) in [5, 5.41) is 0. The van der Waals surface area contributed by atoms with Crippen LogP contribution >= 0.6 is 0 Å². The van der Waals surface area contributed by atoms with Gasteiger partial charge in [0, 0.05) is 23.5 Å². The van der Waals surface area contributed by atoms with Gasteiger partial charge >= 0.3 is 0 Å². The summed E-state index contributed by atoms with van der Waals surface area (Å²) in [5.41, 5.74) is 6.91. The number of anilines is 1. The van der Waals surface area contributed by atoms with Crippen molar-refractivity contribution in [3.8, 4) is 0 Å². The average Bonchev–Trinajstić information content (AvgIpc) is 2.94. The molecule has 22 heavy (non-hydrogen) atoms. The molecule has 1 aromatic carbocycles. The monoisotopic (exact) mass is 293 g/mol. The lowest BCUT2D eigenvalue weighted by Gasteiger charge is -2.23. The van der Waals surface area contributed by atoms with Crippen LogP contribution in [0.4, 0.5) is 5.69 Å². The van der Waals surface area contributed by atoms with Crippen LogP contribution in [0, 0.1) is 0 Å². The Labute approximate surface area is 135 Å². The molecular weight excluding hydrogens is 266 g/mol. The third kappa shape index (κ3) is 3.59. The lowest BCUT2D eigenvalue weighted by Crippen LogP contribution is -2.20. The van der Waals surface area contributed by atoms with Crippen LogP contribution in [0.2, 0.25) is 0 Å². The van der Waals surface area contributed by atoms with E-state index < -0.39 is 0 Å². The van der Waals surface area contributed by atoms with Crippen LogP contribution in [-0.4, -0.2) is 6.54 Å². The standard InChI is InChI=1S/C19H21N.C2H6/c1-15(2)12-13-16-14-20(17-8-4-3-5-9-17)19-11-7-6-10-18(16)19;1-2/h3-4,6-8,10-13H,5,9,14H2,1-2H3;1-2H3/b16-13+;. The first-order valence-electron chi connectivity index (χ1n) is 8.32. The fraction of sp³-hybridized carbons (Fsp3) is 0.333. The zero-order chi connectivity index (χ0) is 15.9. The topological polar surface area (TPSA) is 3.24 Å². The fourth-order valence-electron chi connectivity index (χ4n) is 2.80. The third-order valence-electron chi connectivity index (χ3n) is 3.83. The molecule has 0 atom stereocenters. The molecule has 0 spiro atoms. The van der Waals surface area contributed by atoms with Crippen LogP contribution in [0.15, 0.2) is 65.9 Å². The number of allylic oxidation sites excluding steroid dienone is 7. The van der Waals surface area contributed by atoms with Crippen molar-refractivity contribution in [2.45, 2.75) is 40.5 Å². The van der Waals surface area contributed by atoms with Gasteiger partial charge in [-0.3, -0.25) is 0 Å². The van der Waals surface area contributed by atoms with Crippen LogP contribution in [0.3, 0.4) is 0 Å². The van der Waals surface area contributed by atoms with E-state index in [-0.39, 0.29) is 0 Å². The normalized spacial score (nSPS) is 17.5. The second-order valence-electron chi connectivity index (χ2n) is 5.66. The molecule has 0 radical (unpaired) electrons. The SMILES string of the molecule is CC.CC(C)=C/C=C1\CN(C2=CC=CCC2)c2ccccc21. The van der Waals surface area contributed by atoms with Crippen molar-refractivity contribution in [3.05, 3.63) is 71.5 Å². The maximum atomic E-state index is 2.46. The largest absolute Gasteiger partial charge is 0.340 e. The van der Waals surface area contributed by atoms with Crippen molar-refractivity contribution in [1.82, 2.24) is 0 Å². The van der Waals surface area contributed by atoms with Crippen LogP contribution in [0.5, 0.6) is 0 Å². The second-order valence-corrected chi connectivity index (χ2v) is 5.66. The van der Waals surface area contributed by atoms with E-state index in [1.165, 1.54) is 28.1 Å². The Balaban J connectivity index is 0.000000847. The molecule has 0 bridgehead atoms. The molecule has 0 fully saturated rings. The summed E-state index contributed by atoms with van der Waals surface area (Å²) in [7, 11) is 0. The van der Waals surface area contributed by atoms with Crippen molar-refractivity contribution in [2.75, 3.05) is 11.4 Å². The van der Waals surface area contributed by atoms with Gasteiger partial charge in [-0.2, -0.15) is 0 Å². The third-order valence-corrected chi connectivity index (χ3v) is 3.83. The summed E-state index contributed by atoms with van der Waals surface area (Å²) in [5.74, 6) is 0. The maximum absolute atomic E-state index is 2.46. The minimum Gasteiger partial charge on any atom is -0.340 e. The van der Waals surface area contributed by atoms with Gasteiger partial charge in [0.2, 0.25) is 0 Å². The van der Waals surface area contributed by atoms with Crippen LogP contribution in [-0.2, 0) is 0 Å². The lowest BCUT2D eigenvalue weighted by molar-refractivity contribution is 0.884. The first kappa shape index (κ1) is 16.4. The van der Waals surface area contributed by atoms with Crippen molar-refractivity contribution in [3.63, 3.8) is 0 Å². The van der Waals surface area contributed by atoms with E-state index in [1.54, 1.807) is 0 Å². The van der Waals surface area contributed by atoms with Crippen LogP contribution in [0.1, 0.15) is 46.1 Å². The van der Waals surface area contributed by atoms with Gasteiger partial charge in [0.1, 0.15) is 0 Å². The Bertz CT molecular complexity index is 625. The zero-order valence-corrected chi connectivity index (χ0v) is 14.3. The summed E-state index contributed by atoms with van der Waals surface area (Å²) >= 11 is 0. The minimum atomic E-state index is 0.989. The first-order chi connectivity index (χ1) is 10.8. The highest BCUT2D eigenvalue weighted by Gasteiger charge is 2.25. The quantitative estimate of drug-likeness (QED) is 0.635. The molecule has 1 nitrogen and oxygen atoms in total. The molecule has 0 aromatic heterocycles. The number of para-hydroxylation sites is 1. The number of nitrogens with zero attached hydrogens (tertiary/aromatic N) is 1. The predicted molar refractivity (Wildman–Crippen MR) is 99.0 cm³/mol. The van der Waals surface area contributed by atoms with Gasteiger partial charge < -0.3 is 4.90 Å². The van der Waals surface area contributed by atoms with E-state index >= 15 is 0 Å². The highest BCUT2D eigenvalue weighted by Crippen LogP contribution is 2.39. The summed E-state index contributed by atoms with van der Waals surface area (Å²) in [6, 6.07) is 8.74. The molecular formula is C21H27N. The number of benzene rings is 1. The molecule has 116 valence electrons. The predicted octanol–water partition coefficient (Wildman–Crippen LogP) is 6.12. The van der Waals surface area contributed by atoms with Gasteiger partial charge in [-0.1, -0.05) is 61.9 Å². The van der Waals surface area contributed by atoms with Gasteiger partial charge in [0.25, 0.3) is 0 Å². The summed E-state index contributed by atoms with van der Waals surface area (Å²) in [6.45, 7) is 9.27. The highest BCUT2D eigenvalue weighted by molar-refractivity contribution is 5.87. The van der Waals surface area contributed by atoms with E-state index in [4.69, 9.17) is 0 Å². The zero-order valence-electron chi connectivity index (χ0n) is 14.3. The minimum absolute atomic E-state index is 0.989. The van der Waals surface area contributed by atoms with Crippen LogP contribution < -0.4 is 4.90 Å². The number of hydrogen-bond acceptors (Lipinski definition) is 1. The molecule has 0 saturated carbocycles. The molecule has 1 aliphatic carbocycles. The molecule has 1 heterocycles. The number of hydrogen-bond donors (Lipinski definition) is 0. The summed E-state index contributed by atoms with van der Waals surface area (Å²) in [4.78, 5) is 2.46. The Kier molecular flexibility index (Phi) is 5.83. The Hall–Kier alpha value is -2.02. The molecule has 0 N–H and O–H groups in total. The maximum Gasteiger partial charge on any atom is 0.0488 e. The van der Waals surface area contributed by atoms with Crippen molar-refractivity contribution >= 4 is 11.3 Å².